The molecule has 0 N–H and O–H groups in total. The third-order valence-electron chi connectivity index (χ3n) is 5.98. The van der Waals surface area contributed by atoms with E-state index < -0.39 is 0 Å². The first-order chi connectivity index (χ1) is 15.8. The van der Waals surface area contributed by atoms with Crippen molar-refractivity contribution in [3.05, 3.63) is 12.2 Å². The maximum atomic E-state index is 11.7. The molecule has 0 saturated carbocycles. The largest absolute Gasteiger partial charge is 0.466 e. The molecule has 32 heavy (non-hydrogen) atoms. The van der Waals surface area contributed by atoms with Crippen LogP contribution in [0.2, 0.25) is 0 Å². The summed E-state index contributed by atoms with van der Waals surface area (Å²) >= 11 is 0. The first-order valence-corrected chi connectivity index (χ1v) is 14.2. The molecule has 0 heterocycles. The summed E-state index contributed by atoms with van der Waals surface area (Å²) in [6.45, 7) is 6.45. The lowest BCUT2D eigenvalue weighted by molar-refractivity contribution is -0.144. The van der Waals surface area contributed by atoms with Crippen molar-refractivity contribution < 1.29 is 14.3 Å². The highest BCUT2D eigenvalue weighted by molar-refractivity contribution is 5.69. The Kier molecular flexibility index (Phi) is 27.5. The average Bonchev–Trinajstić information content (AvgIpc) is 2.80. The zero-order valence-electron chi connectivity index (χ0n) is 21.9. The summed E-state index contributed by atoms with van der Waals surface area (Å²) in [4.78, 5) is 11.7. The van der Waals surface area contributed by atoms with Gasteiger partial charge in [-0.15, -0.1) is 0 Å². The van der Waals surface area contributed by atoms with Crippen LogP contribution < -0.4 is 0 Å². The highest BCUT2D eigenvalue weighted by Gasteiger charge is 2.02. The Hall–Kier alpha value is -0.830. The molecule has 3 heteroatoms. The van der Waals surface area contributed by atoms with E-state index in [1.165, 1.54) is 96.3 Å². The van der Waals surface area contributed by atoms with Gasteiger partial charge in [0, 0.05) is 26.1 Å². The van der Waals surface area contributed by atoms with E-state index in [4.69, 9.17) is 9.47 Å². The molecule has 0 atom stereocenters. The molecule has 0 aromatic rings. The minimum Gasteiger partial charge on any atom is -0.466 e. The lowest BCUT2D eigenvalue weighted by Gasteiger charge is -2.06. The number of allylic oxidation sites excluding steroid dienone is 2. The molecule has 0 rings (SSSR count). The highest BCUT2D eigenvalue weighted by Crippen LogP contribution is 2.12. The second kappa shape index (κ2) is 28.2. The summed E-state index contributed by atoms with van der Waals surface area (Å²) < 4.78 is 10.7. The molecule has 0 aromatic carbocycles. The molecule has 0 aliphatic rings. The average molecular weight is 453 g/mol. The fourth-order valence-electron chi connectivity index (χ4n) is 3.81. The first kappa shape index (κ1) is 31.2. The summed E-state index contributed by atoms with van der Waals surface area (Å²) in [5.74, 6) is -0.0421. The third-order valence-corrected chi connectivity index (χ3v) is 5.98. The van der Waals surface area contributed by atoms with Crippen LogP contribution in [0.15, 0.2) is 12.2 Å². The summed E-state index contributed by atoms with van der Waals surface area (Å²) in [6, 6.07) is 0. The van der Waals surface area contributed by atoms with Crippen molar-refractivity contribution in [1.82, 2.24) is 0 Å². The quantitative estimate of drug-likeness (QED) is 0.0744. The van der Waals surface area contributed by atoms with E-state index in [2.05, 4.69) is 26.0 Å². The zero-order chi connectivity index (χ0) is 23.4. The Morgan fingerprint density at radius 2 is 1.00 bits per heavy atom. The topological polar surface area (TPSA) is 35.5 Å². The Balaban J connectivity index is 3.17. The van der Waals surface area contributed by atoms with Gasteiger partial charge >= 0.3 is 5.97 Å². The number of esters is 1. The molecule has 3 nitrogen and oxygen atoms in total. The summed E-state index contributed by atoms with van der Waals surface area (Å²) in [6.07, 6.45) is 30.8. The van der Waals surface area contributed by atoms with Gasteiger partial charge in [0.15, 0.2) is 0 Å². The van der Waals surface area contributed by atoms with E-state index in [-0.39, 0.29) is 5.97 Å². The van der Waals surface area contributed by atoms with Crippen LogP contribution in [0.5, 0.6) is 0 Å². The molecule has 0 fully saturated rings. The molecule has 0 aliphatic carbocycles. The SMILES string of the molecule is CCCCCCCC/C=C/CCCCCCCCCCCC(=O)OCCCOCCCC. The van der Waals surface area contributed by atoms with Gasteiger partial charge in [-0.25, -0.2) is 0 Å². The predicted octanol–water partition coefficient (Wildman–Crippen LogP) is 9.33. The van der Waals surface area contributed by atoms with Gasteiger partial charge in [-0.2, -0.15) is 0 Å². The van der Waals surface area contributed by atoms with Crippen molar-refractivity contribution >= 4 is 5.97 Å². The predicted molar refractivity (Wildman–Crippen MR) is 139 cm³/mol. The van der Waals surface area contributed by atoms with Crippen LogP contribution in [-0.4, -0.2) is 25.8 Å². The summed E-state index contributed by atoms with van der Waals surface area (Å²) in [5, 5.41) is 0. The fraction of sp³-hybridized carbons (Fsp3) is 0.897. The number of hydrogen-bond donors (Lipinski definition) is 0. The van der Waals surface area contributed by atoms with Crippen molar-refractivity contribution in [2.75, 3.05) is 19.8 Å². The van der Waals surface area contributed by atoms with Gasteiger partial charge in [0.1, 0.15) is 0 Å². The Labute approximate surface area is 201 Å². The van der Waals surface area contributed by atoms with Crippen molar-refractivity contribution in [2.45, 2.75) is 149 Å². The van der Waals surface area contributed by atoms with E-state index in [1.807, 2.05) is 0 Å². The fourth-order valence-corrected chi connectivity index (χ4v) is 3.81. The van der Waals surface area contributed by atoms with E-state index in [0.717, 1.165) is 38.7 Å². The van der Waals surface area contributed by atoms with Gasteiger partial charge in [0.05, 0.1) is 6.61 Å². The zero-order valence-corrected chi connectivity index (χ0v) is 21.9. The summed E-state index contributed by atoms with van der Waals surface area (Å²) in [7, 11) is 0. The van der Waals surface area contributed by atoms with Gasteiger partial charge in [-0.3, -0.25) is 4.79 Å². The maximum Gasteiger partial charge on any atom is 0.305 e. The lowest BCUT2D eigenvalue weighted by Crippen LogP contribution is -2.08. The Bertz CT molecular complexity index is 392. The van der Waals surface area contributed by atoms with Crippen LogP contribution in [0.4, 0.5) is 0 Å². The van der Waals surface area contributed by atoms with Gasteiger partial charge < -0.3 is 9.47 Å². The molecule has 0 amide bonds. The molecule has 0 unspecified atom stereocenters. The van der Waals surface area contributed by atoms with Crippen molar-refractivity contribution in [3.63, 3.8) is 0 Å². The monoisotopic (exact) mass is 452 g/mol. The normalized spacial score (nSPS) is 11.4. The first-order valence-electron chi connectivity index (χ1n) is 14.2. The molecular formula is C29H56O3. The van der Waals surface area contributed by atoms with Crippen LogP contribution in [0.25, 0.3) is 0 Å². The van der Waals surface area contributed by atoms with Crippen LogP contribution >= 0.6 is 0 Å². The van der Waals surface area contributed by atoms with Crippen LogP contribution in [-0.2, 0) is 14.3 Å². The minimum atomic E-state index is -0.0421. The second-order valence-corrected chi connectivity index (χ2v) is 9.29. The van der Waals surface area contributed by atoms with E-state index >= 15 is 0 Å². The number of carbonyl (C=O) groups excluding carboxylic acids is 1. The van der Waals surface area contributed by atoms with Crippen LogP contribution in [0.1, 0.15) is 149 Å². The molecule has 0 bridgehead atoms. The number of carbonyl (C=O) groups is 1. The standard InChI is InChI=1S/C29H56O3/c1-3-5-7-8-9-10-11-12-13-14-15-16-17-18-19-20-21-22-23-25-29(30)32-28-24-27-31-26-6-4-2/h12-13H,3-11,14-28H2,1-2H3/b13-12+. The minimum absolute atomic E-state index is 0.0421. The van der Waals surface area contributed by atoms with Gasteiger partial charge in [-0.1, -0.05) is 109 Å². The van der Waals surface area contributed by atoms with E-state index in [0.29, 0.717) is 19.6 Å². The van der Waals surface area contributed by atoms with E-state index in [9.17, 15) is 4.79 Å². The molecular weight excluding hydrogens is 396 g/mol. The molecule has 0 spiro atoms. The number of unbranched alkanes of at least 4 members (excludes halogenated alkanes) is 16. The lowest BCUT2D eigenvalue weighted by atomic mass is 10.1. The third kappa shape index (κ3) is 27.2. The van der Waals surface area contributed by atoms with Crippen LogP contribution in [0.3, 0.4) is 0 Å². The van der Waals surface area contributed by atoms with Crippen molar-refractivity contribution in [2.24, 2.45) is 0 Å². The molecule has 0 saturated heterocycles. The second-order valence-electron chi connectivity index (χ2n) is 9.29. The highest BCUT2D eigenvalue weighted by atomic mass is 16.5. The van der Waals surface area contributed by atoms with Gasteiger partial charge in [0.25, 0.3) is 0 Å². The van der Waals surface area contributed by atoms with Crippen LogP contribution in [0, 0.1) is 0 Å². The summed E-state index contributed by atoms with van der Waals surface area (Å²) in [5.41, 5.74) is 0. The molecule has 0 radical (unpaired) electrons. The number of ether oxygens (including phenoxy) is 2. The number of rotatable bonds is 26. The van der Waals surface area contributed by atoms with Crippen molar-refractivity contribution in [1.29, 1.82) is 0 Å². The maximum absolute atomic E-state index is 11.7. The Morgan fingerprint density at radius 3 is 1.56 bits per heavy atom. The van der Waals surface area contributed by atoms with Gasteiger partial charge in [-0.05, 0) is 38.5 Å². The molecule has 190 valence electrons. The Morgan fingerprint density at radius 1 is 0.531 bits per heavy atom. The number of hydrogen-bond acceptors (Lipinski definition) is 3. The molecule has 0 aromatic heterocycles. The van der Waals surface area contributed by atoms with E-state index in [1.54, 1.807) is 0 Å². The smallest absolute Gasteiger partial charge is 0.305 e. The van der Waals surface area contributed by atoms with Crippen molar-refractivity contribution in [3.8, 4) is 0 Å². The van der Waals surface area contributed by atoms with Gasteiger partial charge in [0.2, 0.25) is 0 Å². The molecule has 0 aliphatic heterocycles.